The Labute approximate surface area is 122 Å². The second-order valence-corrected chi connectivity index (χ2v) is 5.05. The first-order valence-electron chi connectivity index (χ1n) is 6.13. The number of carbonyl (C=O) groups is 1. The van der Waals surface area contributed by atoms with Crippen LogP contribution in [0.3, 0.4) is 0 Å². The molecule has 0 fully saturated rings. The molecule has 0 amide bonds. The molecule has 1 aromatic carbocycles. The second kappa shape index (κ2) is 6.96. The first-order chi connectivity index (χ1) is 9.63. The smallest absolute Gasteiger partial charge is 0.303 e. The van der Waals surface area contributed by atoms with Crippen molar-refractivity contribution in [3.8, 4) is 5.75 Å². The number of benzene rings is 1. The summed E-state index contributed by atoms with van der Waals surface area (Å²) in [5.41, 5.74) is 1.90. The number of esters is 1. The molecule has 0 unspecified atom stereocenters. The minimum atomic E-state index is -0.318. The van der Waals surface area contributed by atoms with Crippen LogP contribution in [-0.2, 0) is 16.1 Å². The Kier molecular flexibility index (Phi) is 5.01. The SMILES string of the molecule is CC(=O)OCc1ccc(OSc2ccc(C)cc2)cn1. The molecule has 0 aliphatic heterocycles. The number of hydrogen-bond donors (Lipinski definition) is 0. The summed E-state index contributed by atoms with van der Waals surface area (Å²) in [6, 6.07) is 11.6. The third-order valence-corrected chi connectivity index (χ3v) is 3.22. The van der Waals surface area contributed by atoms with Gasteiger partial charge in [0.15, 0.2) is 5.75 Å². The molecule has 1 aromatic heterocycles. The molecular formula is C15H15NO3S. The van der Waals surface area contributed by atoms with Crippen LogP contribution in [0.15, 0.2) is 47.5 Å². The lowest BCUT2D eigenvalue weighted by Crippen LogP contribution is -2.00. The molecule has 4 nitrogen and oxygen atoms in total. The Morgan fingerprint density at radius 2 is 1.95 bits per heavy atom. The molecule has 0 atom stereocenters. The number of nitrogens with zero attached hydrogens (tertiary/aromatic N) is 1. The number of pyridine rings is 1. The average molecular weight is 289 g/mol. The van der Waals surface area contributed by atoms with Crippen molar-refractivity contribution < 1.29 is 13.7 Å². The Hall–Kier alpha value is -2.01. The summed E-state index contributed by atoms with van der Waals surface area (Å²) in [6.07, 6.45) is 1.61. The third-order valence-electron chi connectivity index (χ3n) is 2.48. The van der Waals surface area contributed by atoms with Gasteiger partial charge in [-0.2, -0.15) is 0 Å². The Balaban J connectivity index is 1.87. The van der Waals surface area contributed by atoms with E-state index in [0.717, 1.165) is 4.90 Å². The molecule has 0 radical (unpaired) electrons. The van der Waals surface area contributed by atoms with Crippen LogP contribution in [0.4, 0.5) is 0 Å². The fourth-order valence-corrected chi connectivity index (χ4v) is 1.95. The van der Waals surface area contributed by atoms with E-state index in [2.05, 4.69) is 4.98 Å². The lowest BCUT2D eigenvalue weighted by Gasteiger charge is -2.05. The summed E-state index contributed by atoms with van der Waals surface area (Å²) in [6.45, 7) is 3.59. The van der Waals surface area contributed by atoms with Gasteiger partial charge in [0, 0.05) is 11.8 Å². The summed E-state index contributed by atoms with van der Waals surface area (Å²) in [5, 5.41) is 0. The number of hydrogen-bond acceptors (Lipinski definition) is 5. The Morgan fingerprint density at radius 1 is 1.20 bits per heavy atom. The normalized spacial score (nSPS) is 10.1. The maximum Gasteiger partial charge on any atom is 0.303 e. The molecule has 0 saturated heterocycles. The van der Waals surface area contributed by atoms with Gasteiger partial charge in [0.05, 0.1) is 23.9 Å². The van der Waals surface area contributed by atoms with E-state index in [9.17, 15) is 4.79 Å². The largest absolute Gasteiger partial charge is 0.459 e. The van der Waals surface area contributed by atoms with Crippen molar-refractivity contribution in [2.45, 2.75) is 25.3 Å². The molecule has 104 valence electrons. The van der Waals surface area contributed by atoms with Crippen LogP contribution in [0.2, 0.25) is 0 Å². The molecule has 0 aliphatic rings. The van der Waals surface area contributed by atoms with E-state index < -0.39 is 0 Å². The van der Waals surface area contributed by atoms with Crippen LogP contribution < -0.4 is 4.18 Å². The van der Waals surface area contributed by atoms with E-state index in [1.807, 2.05) is 31.2 Å². The number of ether oxygens (including phenoxy) is 1. The predicted octanol–water partition coefficient (Wildman–Crippen LogP) is 3.54. The molecular weight excluding hydrogens is 274 g/mol. The highest BCUT2D eigenvalue weighted by Gasteiger charge is 2.01. The van der Waals surface area contributed by atoms with Crippen molar-refractivity contribution in [3.05, 3.63) is 53.9 Å². The fraction of sp³-hybridized carbons (Fsp3) is 0.200. The minimum absolute atomic E-state index is 0.181. The van der Waals surface area contributed by atoms with Crippen molar-refractivity contribution in [1.29, 1.82) is 0 Å². The van der Waals surface area contributed by atoms with Crippen LogP contribution in [0.1, 0.15) is 18.2 Å². The fourth-order valence-electron chi connectivity index (χ4n) is 1.41. The van der Waals surface area contributed by atoms with Crippen LogP contribution >= 0.6 is 12.0 Å². The van der Waals surface area contributed by atoms with Gasteiger partial charge in [-0.3, -0.25) is 9.78 Å². The van der Waals surface area contributed by atoms with Crippen LogP contribution in [0, 0.1) is 6.92 Å². The van der Waals surface area contributed by atoms with Gasteiger partial charge >= 0.3 is 5.97 Å². The molecule has 0 spiro atoms. The highest BCUT2D eigenvalue weighted by atomic mass is 32.2. The lowest BCUT2D eigenvalue weighted by atomic mass is 10.2. The highest BCUT2D eigenvalue weighted by molar-refractivity contribution is 7.95. The Morgan fingerprint density at radius 3 is 2.55 bits per heavy atom. The molecule has 0 aliphatic carbocycles. The summed E-state index contributed by atoms with van der Waals surface area (Å²) >= 11 is 1.28. The van der Waals surface area contributed by atoms with E-state index >= 15 is 0 Å². The van der Waals surface area contributed by atoms with Crippen LogP contribution in [-0.4, -0.2) is 11.0 Å². The highest BCUT2D eigenvalue weighted by Crippen LogP contribution is 2.23. The van der Waals surface area contributed by atoms with E-state index in [-0.39, 0.29) is 12.6 Å². The average Bonchev–Trinajstić information content (AvgIpc) is 2.45. The third kappa shape index (κ3) is 4.59. The zero-order chi connectivity index (χ0) is 14.4. The van der Waals surface area contributed by atoms with Crippen molar-refractivity contribution in [1.82, 2.24) is 4.98 Å². The lowest BCUT2D eigenvalue weighted by molar-refractivity contribution is -0.142. The summed E-state index contributed by atoms with van der Waals surface area (Å²) in [4.78, 5) is 15.9. The molecule has 0 saturated carbocycles. The summed E-state index contributed by atoms with van der Waals surface area (Å²) < 4.78 is 10.4. The zero-order valence-corrected chi connectivity index (χ0v) is 12.1. The molecule has 0 N–H and O–H groups in total. The Bertz CT molecular complexity index is 567. The summed E-state index contributed by atoms with van der Waals surface area (Å²) in [5.74, 6) is 0.337. The van der Waals surface area contributed by atoms with Crippen molar-refractivity contribution in [3.63, 3.8) is 0 Å². The maximum absolute atomic E-state index is 10.7. The van der Waals surface area contributed by atoms with Gasteiger partial charge in [0.2, 0.25) is 0 Å². The maximum atomic E-state index is 10.7. The first kappa shape index (κ1) is 14.4. The monoisotopic (exact) mass is 289 g/mol. The quantitative estimate of drug-likeness (QED) is 0.622. The minimum Gasteiger partial charge on any atom is -0.459 e. The van der Waals surface area contributed by atoms with E-state index in [1.165, 1.54) is 24.5 Å². The van der Waals surface area contributed by atoms with Crippen molar-refractivity contribution >= 4 is 18.0 Å². The van der Waals surface area contributed by atoms with E-state index in [0.29, 0.717) is 11.4 Å². The standard InChI is InChI=1S/C15H15NO3S/c1-11-3-7-15(8-4-11)20-19-14-6-5-13(16-9-14)10-18-12(2)17/h3-9H,10H2,1-2H3. The van der Waals surface area contributed by atoms with Crippen molar-refractivity contribution in [2.75, 3.05) is 0 Å². The van der Waals surface area contributed by atoms with Crippen LogP contribution in [0.5, 0.6) is 5.75 Å². The molecule has 0 bridgehead atoms. The zero-order valence-electron chi connectivity index (χ0n) is 11.3. The number of carbonyl (C=O) groups excluding carboxylic acids is 1. The molecule has 2 rings (SSSR count). The molecule has 2 aromatic rings. The predicted molar refractivity (Wildman–Crippen MR) is 77.4 cm³/mol. The van der Waals surface area contributed by atoms with Gasteiger partial charge in [-0.05, 0) is 31.2 Å². The molecule has 20 heavy (non-hydrogen) atoms. The van der Waals surface area contributed by atoms with Gasteiger partial charge in [0.25, 0.3) is 0 Å². The van der Waals surface area contributed by atoms with Gasteiger partial charge < -0.3 is 8.92 Å². The van der Waals surface area contributed by atoms with Gasteiger partial charge in [-0.1, -0.05) is 17.7 Å². The second-order valence-electron chi connectivity index (χ2n) is 4.25. The van der Waals surface area contributed by atoms with E-state index in [1.54, 1.807) is 18.3 Å². The van der Waals surface area contributed by atoms with Crippen molar-refractivity contribution in [2.24, 2.45) is 0 Å². The van der Waals surface area contributed by atoms with E-state index in [4.69, 9.17) is 8.92 Å². The molecule has 5 heteroatoms. The number of rotatable bonds is 5. The topological polar surface area (TPSA) is 48.4 Å². The number of aryl methyl sites for hydroxylation is 1. The summed E-state index contributed by atoms with van der Waals surface area (Å²) in [7, 11) is 0. The van der Waals surface area contributed by atoms with Gasteiger partial charge in [-0.25, -0.2) is 0 Å². The molecule has 1 heterocycles. The van der Waals surface area contributed by atoms with Gasteiger partial charge in [0.1, 0.15) is 6.61 Å². The first-order valence-corrected chi connectivity index (χ1v) is 6.87. The van der Waals surface area contributed by atoms with Gasteiger partial charge in [-0.15, -0.1) is 0 Å². The van der Waals surface area contributed by atoms with Crippen LogP contribution in [0.25, 0.3) is 0 Å². The number of aromatic nitrogens is 1.